The van der Waals surface area contributed by atoms with Gasteiger partial charge >= 0.3 is 0 Å². The molecule has 3 rings (SSSR count). The second-order valence-electron chi connectivity index (χ2n) is 4.80. The lowest BCUT2D eigenvalue weighted by molar-refractivity contribution is -0.0497. The summed E-state index contributed by atoms with van der Waals surface area (Å²) in [6.07, 6.45) is 4.23. The molecule has 0 aliphatic heterocycles. The van der Waals surface area contributed by atoms with E-state index in [0.717, 1.165) is 18.3 Å². The van der Waals surface area contributed by atoms with E-state index >= 15 is 0 Å². The third kappa shape index (κ3) is 0.686. The molecule has 2 nitrogen and oxygen atoms in total. The number of hydrogen-bond donors (Lipinski definition) is 2. The average molecular weight is 168 g/mol. The maximum Gasteiger partial charge on any atom is 0.0832 e. The van der Waals surface area contributed by atoms with E-state index in [1.165, 1.54) is 19.3 Å². The predicted octanol–water partition coefficient (Wildman–Crippen LogP) is 0.774. The van der Waals surface area contributed by atoms with Gasteiger partial charge in [0.15, 0.2) is 0 Å². The second-order valence-corrected chi connectivity index (χ2v) is 4.80. The molecule has 0 radical (unpaired) electrons. The van der Waals surface area contributed by atoms with E-state index in [-0.39, 0.29) is 0 Å². The van der Waals surface area contributed by atoms with Crippen LogP contribution < -0.4 is 0 Å². The first kappa shape index (κ1) is 7.34. The molecule has 68 valence electrons. The quantitative estimate of drug-likeness (QED) is 0.561. The van der Waals surface area contributed by atoms with E-state index in [4.69, 9.17) is 0 Å². The first-order chi connectivity index (χ1) is 5.79. The van der Waals surface area contributed by atoms with Crippen LogP contribution in [0.3, 0.4) is 0 Å². The van der Waals surface area contributed by atoms with Crippen LogP contribution in [0.4, 0.5) is 0 Å². The summed E-state index contributed by atoms with van der Waals surface area (Å²) in [5.41, 5.74) is 0. The molecule has 3 aliphatic rings. The molecular formula is C10H16O2. The minimum Gasteiger partial charge on any atom is -0.390 e. The number of aliphatic hydroxyl groups excluding tert-OH is 2. The lowest BCUT2D eigenvalue weighted by atomic mass is 9.79. The SMILES string of the molecule is OC1C2CC(C3CCCC23)[C@H]1O. The molecule has 3 aliphatic carbocycles. The minimum atomic E-state index is -0.394. The van der Waals surface area contributed by atoms with Crippen molar-refractivity contribution in [1.82, 2.24) is 0 Å². The van der Waals surface area contributed by atoms with Gasteiger partial charge in [0, 0.05) is 0 Å². The fraction of sp³-hybridized carbons (Fsp3) is 1.00. The lowest BCUT2D eigenvalue weighted by Crippen LogP contribution is -2.39. The van der Waals surface area contributed by atoms with Gasteiger partial charge in [-0.15, -0.1) is 0 Å². The normalized spacial score (nSPS) is 62.5. The van der Waals surface area contributed by atoms with E-state index in [1.807, 2.05) is 0 Å². The van der Waals surface area contributed by atoms with Crippen LogP contribution in [0.1, 0.15) is 25.7 Å². The van der Waals surface area contributed by atoms with Gasteiger partial charge in [-0.1, -0.05) is 6.42 Å². The summed E-state index contributed by atoms with van der Waals surface area (Å²) in [5.74, 6) is 2.40. The maximum absolute atomic E-state index is 9.68. The Morgan fingerprint density at radius 3 is 1.75 bits per heavy atom. The molecule has 0 aromatic heterocycles. The molecule has 0 heterocycles. The van der Waals surface area contributed by atoms with Crippen molar-refractivity contribution in [3.8, 4) is 0 Å². The van der Waals surface area contributed by atoms with Gasteiger partial charge in [-0.2, -0.15) is 0 Å². The first-order valence-electron chi connectivity index (χ1n) is 5.15. The molecule has 6 atom stereocenters. The molecule has 0 spiro atoms. The van der Waals surface area contributed by atoms with Crippen molar-refractivity contribution >= 4 is 0 Å². The van der Waals surface area contributed by atoms with Gasteiger partial charge < -0.3 is 10.2 Å². The highest BCUT2D eigenvalue weighted by molar-refractivity contribution is 5.07. The van der Waals surface area contributed by atoms with Crippen LogP contribution in [0.5, 0.6) is 0 Å². The zero-order valence-corrected chi connectivity index (χ0v) is 7.19. The Hall–Kier alpha value is -0.0800. The molecule has 3 saturated carbocycles. The van der Waals surface area contributed by atoms with Gasteiger partial charge in [-0.25, -0.2) is 0 Å². The molecule has 0 amide bonds. The van der Waals surface area contributed by atoms with Crippen LogP contribution in [0.2, 0.25) is 0 Å². The Kier molecular flexibility index (Phi) is 1.37. The highest BCUT2D eigenvalue weighted by atomic mass is 16.3. The fourth-order valence-electron chi connectivity index (χ4n) is 4.04. The van der Waals surface area contributed by atoms with Crippen LogP contribution >= 0.6 is 0 Å². The fourth-order valence-corrected chi connectivity index (χ4v) is 4.04. The van der Waals surface area contributed by atoms with E-state index in [1.54, 1.807) is 0 Å². The van der Waals surface area contributed by atoms with Crippen molar-refractivity contribution < 1.29 is 10.2 Å². The largest absolute Gasteiger partial charge is 0.390 e. The Bertz CT molecular complexity index is 184. The third-order valence-electron chi connectivity index (χ3n) is 4.50. The molecule has 2 bridgehead atoms. The molecule has 12 heavy (non-hydrogen) atoms. The van der Waals surface area contributed by atoms with Crippen molar-refractivity contribution in [3.05, 3.63) is 0 Å². The van der Waals surface area contributed by atoms with Gasteiger partial charge in [0.2, 0.25) is 0 Å². The van der Waals surface area contributed by atoms with Crippen molar-refractivity contribution in [2.24, 2.45) is 23.7 Å². The lowest BCUT2D eigenvalue weighted by Gasteiger charge is -2.32. The zero-order chi connectivity index (χ0) is 8.29. The zero-order valence-electron chi connectivity index (χ0n) is 7.19. The molecule has 2 heteroatoms. The minimum absolute atomic E-state index is 0.394. The summed E-state index contributed by atoms with van der Waals surface area (Å²) in [6, 6.07) is 0. The van der Waals surface area contributed by atoms with E-state index in [2.05, 4.69) is 0 Å². The van der Waals surface area contributed by atoms with Crippen molar-refractivity contribution in [2.75, 3.05) is 0 Å². The van der Waals surface area contributed by atoms with Gasteiger partial charge in [0.25, 0.3) is 0 Å². The van der Waals surface area contributed by atoms with Crippen LogP contribution in [-0.4, -0.2) is 22.4 Å². The molecule has 0 saturated heterocycles. The summed E-state index contributed by atoms with van der Waals surface area (Å²) >= 11 is 0. The van der Waals surface area contributed by atoms with Gasteiger partial charge in [0.05, 0.1) is 12.2 Å². The molecule has 2 N–H and O–H groups in total. The smallest absolute Gasteiger partial charge is 0.0832 e. The highest BCUT2D eigenvalue weighted by Crippen LogP contribution is 2.58. The molecule has 3 fully saturated rings. The number of hydrogen-bond acceptors (Lipinski definition) is 2. The predicted molar refractivity (Wildman–Crippen MR) is 44.4 cm³/mol. The maximum atomic E-state index is 9.68. The highest BCUT2D eigenvalue weighted by Gasteiger charge is 2.58. The second kappa shape index (κ2) is 2.24. The summed E-state index contributed by atoms with van der Waals surface area (Å²) in [7, 11) is 0. The van der Waals surface area contributed by atoms with E-state index in [0.29, 0.717) is 11.8 Å². The van der Waals surface area contributed by atoms with Gasteiger partial charge in [-0.3, -0.25) is 0 Å². The van der Waals surface area contributed by atoms with Crippen LogP contribution in [0.25, 0.3) is 0 Å². The monoisotopic (exact) mass is 168 g/mol. The summed E-state index contributed by atoms with van der Waals surface area (Å²) in [6.45, 7) is 0. The van der Waals surface area contributed by atoms with Gasteiger partial charge in [-0.05, 0) is 42.9 Å². The first-order valence-corrected chi connectivity index (χ1v) is 5.15. The third-order valence-corrected chi connectivity index (χ3v) is 4.50. The van der Waals surface area contributed by atoms with Crippen molar-refractivity contribution in [1.29, 1.82) is 0 Å². The topological polar surface area (TPSA) is 40.5 Å². The molecular weight excluding hydrogens is 152 g/mol. The summed E-state index contributed by atoms with van der Waals surface area (Å²) in [4.78, 5) is 0. The number of rotatable bonds is 0. The van der Waals surface area contributed by atoms with E-state index in [9.17, 15) is 10.2 Å². The average Bonchev–Trinajstić information content (AvgIpc) is 2.63. The van der Waals surface area contributed by atoms with Gasteiger partial charge in [0.1, 0.15) is 0 Å². The summed E-state index contributed by atoms with van der Waals surface area (Å²) in [5, 5.41) is 19.4. The Morgan fingerprint density at radius 1 is 0.750 bits per heavy atom. The standard InChI is InChI=1S/C10H16O2/c11-9-7-4-8(10(9)12)6-3-1-2-5(6)7/h5-12H,1-4H2/t5?,6?,7?,8?,9-,10?/m1/s1. The summed E-state index contributed by atoms with van der Waals surface area (Å²) < 4.78 is 0. The van der Waals surface area contributed by atoms with Crippen molar-refractivity contribution in [2.45, 2.75) is 37.9 Å². The van der Waals surface area contributed by atoms with Crippen LogP contribution in [0, 0.1) is 23.7 Å². The number of fused-ring (bicyclic) bond motifs is 5. The van der Waals surface area contributed by atoms with Crippen molar-refractivity contribution in [3.63, 3.8) is 0 Å². The van der Waals surface area contributed by atoms with Crippen LogP contribution in [0.15, 0.2) is 0 Å². The number of aliphatic hydroxyl groups is 2. The Morgan fingerprint density at radius 2 is 1.25 bits per heavy atom. The molecule has 0 aromatic rings. The van der Waals surface area contributed by atoms with Crippen LogP contribution in [-0.2, 0) is 0 Å². The van der Waals surface area contributed by atoms with E-state index < -0.39 is 12.2 Å². The Balaban J connectivity index is 1.92. The molecule has 5 unspecified atom stereocenters. The molecule has 0 aromatic carbocycles. The Labute approximate surface area is 72.6 Å².